The maximum atomic E-state index is 8.64. The summed E-state index contributed by atoms with van der Waals surface area (Å²) in [6, 6.07) is 16.3. The Hall–Kier alpha value is -3.68. The lowest BCUT2D eigenvalue weighted by molar-refractivity contribution is 0.678. The van der Waals surface area contributed by atoms with Crippen molar-refractivity contribution in [3.8, 4) is 22.5 Å². The van der Waals surface area contributed by atoms with Crippen molar-refractivity contribution in [3.05, 3.63) is 81.2 Å². The van der Waals surface area contributed by atoms with E-state index in [0.29, 0.717) is 23.2 Å². The first-order valence-corrected chi connectivity index (χ1v) is 10.8. The minimum Gasteiger partial charge on any atom is -0.314 e. The third-order valence-corrected chi connectivity index (χ3v) is 5.64. The minimum atomic E-state index is 0.147. The second-order valence-corrected chi connectivity index (χ2v) is 7.69. The number of H-pyrrole nitrogens is 1. The molecule has 32 heavy (non-hydrogen) atoms. The van der Waals surface area contributed by atoms with E-state index in [0.717, 1.165) is 47.3 Å². The summed E-state index contributed by atoms with van der Waals surface area (Å²) >= 11 is 6.59. The van der Waals surface area contributed by atoms with Gasteiger partial charge in [0.1, 0.15) is 11.0 Å². The second-order valence-electron chi connectivity index (χ2n) is 7.34. The number of tetrazole rings is 1. The van der Waals surface area contributed by atoms with Crippen molar-refractivity contribution in [1.29, 1.82) is 0 Å². The van der Waals surface area contributed by atoms with Gasteiger partial charge in [-0.2, -0.15) is 0 Å². The van der Waals surface area contributed by atoms with Crippen LogP contribution in [0.15, 0.2) is 53.6 Å². The predicted octanol–water partition coefficient (Wildman–Crippen LogP) is 5.58. The first kappa shape index (κ1) is 21.5. The number of halogens is 1. The fourth-order valence-electron chi connectivity index (χ4n) is 3.60. The third kappa shape index (κ3) is 4.64. The molecule has 10 heteroatoms. The van der Waals surface area contributed by atoms with Gasteiger partial charge in [0, 0.05) is 16.9 Å². The highest BCUT2D eigenvalue weighted by molar-refractivity contribution is 6.30. The van der Waals surface area contributed by atoms with Crippen LogP contribution >= 0.6 is 11.6 Å². The average Bonchev–Trinajstić information content (AvgIpc) is 3.46. The normalized spacial score (nSPS) is 10.8. The SMILES string of the molecule is CCCCc1nc(CN=[N+]=[N-])c(Cl)n1Cc1ccc(-c2ccccc2-c2nnn[nH]2)cc1. The molecule has 2 heterocycles. The van der Waals surface area contributed by atoms with Gasteiger partial charge in [0.25, 0.3) is 0 Å². The zero-order valence-electron chi connectivity index (χ0n) is 17.6. The van der Waals surface area contributed by atoms with Crippen LogP contribution in [0.2, 0.25) is 5.15 Å². The summed E-state index contributed by atoms with van der Waals surface area (Å²) in [7, 11) is 0. The topological polar surface area (TPSA) is 121 Å². The monoisotopic (exact) mass is 447 g/mol. The highest BCUT2D eigenvalue weighted by Crippen LogP contribution is 2.30. The molecule has 0 radical (unpaired) electrons. The lowest BCUT2D eigenvalue weighted by Gasteiger charge is -2.11. The number of aromatic amines is 1. The summed E-state index contributed by atoms with van der Waals surface area (Å²) in [4.78, 5) is 7.45. The Morgan fingerprint density at radius 2 is 1.91 bits per heavy atom. The third-order valence-electron chi connectivity index (χ3n) is 5.22. The van der Waals surface area contributed by atoms with Crippen LogP contribution in [0.25, 0.3) is 33.0 Å². The second kappa shape index (κ2) is 10.1. The maximum Gasteiger partial charge on any atom is 0.180 e. The summed E-state index contributed by atoms with van der Waals surface area (Å²) in [5.74, 6) is 1.54. The number of nitrogens with one attached hydrogen (secondary N) is 1. The van der Waals surface area contributed by atoms with Crippen molar-refractivity contribution < 1.29 is 0 Å². The Morgan fingerprint density at radius 1 is 1.12 bits per heavy atom. The van der Waals surface area contributed by atoms with E-state index < -0.39 is 0 Å². The summed E-state index contributed by atoms with van der Waals surface area (Å²) in [6.45, 7) is 2.88. The molecule has 0 aliphatic rings. The van der Waals surface area contributed by atoms with Crippen molar-refractivity contribution in [3.63, 3.8) is 0 Å². The molecule has 1 N–H and O–H groups in total. The van der Waals surface area contributed by atoms with E-state index in [9.17, 15) is 0 Å². The molecule has 2 aromatic heterocycles. The summed E-state index contributed by atoms with van der Waals surface area (Å²) in [5.41, 5.74) is 13.4. The lowest BCUT2D eigenvalue weighted by atomic mass is 9.98. The van der Waals surface area contributed by atoms with E-state index in [-0.39, 0.29) is 6.54 Å². The molecular formula is C22H22ClN9. The van der Waals surface area contributed by atoms with Crippen molar-refractivity contribution in [2.24, 2.45) is 5.11 Å². The fraction of sp³-hybridized carbons (Fsp3) is 0.273. The standard InChI is InChI=1S/C22H22ClN9/c1-2-3-8-20-26-19(13-25-29-24)21(23)32(20)14-15-9-11-16(12-10-15)17-6-4-5-7-18(17)22-27-30-31-28-22/h4-7,9-12H,2-3,8,13-14H2,1H3,(H,27,28,30,31). The Kier molecular flexibility index (Phi) is 6.79. The van der Waals surface area contributed by atoms with Crippen LogP contribution in [0.1, 0.15) is 36.8 Å². The van der Waals surface area contributed by atoms with Gasteiger partial charge >= 0.3 is 0 Å². The van der Waals surface area contributed by atoms with E-state index in [1.54, 1.807) is 0 Å². The zero-order valence-corrected chi connectivity index (χ0v) is 18.4. The van der Waals surface area contributed by atoms with Crippen LogP contribution in [0.3, 0.4) is 0 Å². The van der Waals surface area contributed by atoms with Crippen molar-refractivity contribution >= 4 is 11.6 Å². The molecule has 0 saturated carbocycles. The Bertz CT molecular complexity index is 1220. The van der Waals surface area contributed by atoms with E-state index in [2.05, 4.69) is 66.8 Å². The van der Waals surface area contributed by atoms with Gasteiger partial charge in [-0.05, 0) is 39.1 Å². The zero-order chi connectivity index (χ0) is 22.3. The molecule has 0 unspecified atom stereocenters. The van der Waals surface area contributed by atoms with Crippen molar-refractivity contribution in [1.82, 2.24) is 30.2 Å². The van der Waals surface area contributed by atoms with Gasteiger partial charge in [-0.3, -0.25) is 0 Å². The van der Waals surface area contributed by atoms with E-state index >= 15 is 0 Å². The summed E-state index contributed by atoms with van der Waals surface area (Å²) in [5, 5.41) is 18.4. The maximum absolute atomic E-state index is 8.64. The van der Waals surface area contributed by atoms with Crippen molar-refractivity contribution in [2.75, 3.05) is 0 Å². The number of rotatable bonds is 9. The van der Waals surface area contributed by atoms with Crippen LogP contribution in [0.5, 0.6) is 0 Å². The van der Waals surface area contributed by atoms with Gasteiger partial charge in [0.05, 0.1) is 18.8 Å². The largest absolute Gasteiger partial charge is 0.314 e. The molecule has 0 amide bonds. The van der Waals surface area contributed by atoms with Crippen molar-refractivity contribution in [2.45, 2.75) is 39.3 Å². The average molecular weight is 448 g/mol. The van der Waals surface area contributed by atoms with E-state index in [4.69, 9.17) is 17.1 Å². The molecule has 4 aromatic rings. The first-order valence-electron chi connectivity index (χ1n) is 10.4. The van der Waals surface area contributed by atoms with Gasteiger partial charge in [-0.1, -0.05) is 78.6 Å². The van der Waals surface area contributed by atoms with Gasteiger partial charge in [0.2, 0.25) is 0 Å². The van der Waals surface area contributed by atoms with E-state index in [1.165, 1.54) is 0 Å². The number of hydrogen-bond acceptors (Lipinski definition) is 5. The number of hydrogen-bond donors (Lipinski definition) is 1. The fourth-order valence-corrected chi connectivity index (χ4v) is 3.86. The van der Waals surface area contributed by atoms with Gasteiger partial charge in [0.15, 0.2) is 5.82 Å². The minimum absolute atomic E-state index is 0.147. The first-order chi connectivity index (χ1) is 15.7. The van der Waals surface area contributed by atoms with Gasteiger partial charge in [-0.15, -0.1) is 5.10 Å². The van der Waals surface area contributed by atoms with Crippen LogP contribution in [0.4, 0.5) is 0 Å². The number of aryl methyl sites for hydroxylation is 1. The Labute approximate surface area is 190 Å². The van der Waals surface area contributed by atoms with E-state index in [1.807, 2.05) is 28.8 Å². The molecule has 0 bridgehead atoms. The molecule has 0 atom stereocenters. The highest BCUT2D eigenvalue weighted by atomic mass is 35.5. The smallest absolute Gasteiger partial charge is 0.180 e. The molecule has 0 aliphatic carbocycles. The Balaban J connectivity index is 1.61. The molecule has 0 saturated heterocycles. The Morgan fingerprint density at radius 3 is 2.59 bits per heavy atom. The summed E-state index contributed by atoms with van der Waals surface area (Å²) in [6.07, 6.45) is 2.90. The molecule has 162 valence electrons. The number of imidazole rings is 1. The number of unbranched alkanes of at least 4 members (excludes halogenated alkanes) is 1. The van der Waals surface area contributed by atoms with Crippen LogP contribution in [-0.4, -0.2) is 30.2 Å². The van der Waals surface area contributed by atoms with Gasteiger partial charge in [-0.25, -0.2) is 10.1 Å². The molecular weight excluding hydrogens is 426 g/mol. The molecule has 0 aliphatic heterocycles. The van der Waals surface area contributed by atoms with Gasteiger partial charge < -0.3 is 4.57 Å². The number of aromatic nitrogens is 6. The molecule has 0 spiro atoms. The number of nitrogens with zero attached hydrogens (tertiary/aromatic N) is 8. The number of azide groups is 1. The molecule has 4 rings (SSSR count). The van der Waals surface area contributed by atoms with Crippen LogP contribution in [0, 0.1) is 0 Å². The molecule has 0 fully saturated rings. The lowest BCUT2D eigenvalue weighted by Crippen LogP contribution is -2.05. The quantitative estimate of drug-likeness (QED) is 0.204. The highest BCUT2D eigenvalue weighted by Gasteiger charge is 2.16. The summed E-state index contributed by atoms with van der Waals surface area (Å²) < 4.78 is 2.00. The van der Waals surface area contributed by atoms with Crippen LogP contribution in [-0.2, 0) is 19.5 Å². The molecule has 9 nitrogen and oxygen atoms in total. The van der Waals surface area contributed by atoms with Crippen LogP contribution < -0.4 is 0 Å². The number of benzene rings is 2. The predicted molar refractivity (Wildman–Crippen MR) is 123 cm³/mol. The molecule has 2 aromatic carbocycles.